The summed E-state index contributed by atoms with van der Waals surface area (Å²) < 4.78 is 14.4. The van der Waals surface area contributed by atoms with Crippen molar-refractivity contribution in [2.45, 2.75) is 6.42 Å². The summed E-state index contributed by atoms with van der Waals surface area (Å²) in [6.07, 6.45) is 0.790. The molecule has 0 saturated heterocycles. The van der Waals surface area contributed by atoms with Crippen molar-refractivity contribution in [3.05, 3.63) is 88.0 Å². The van der Waals surface area contributed by atoms with Crippen LogP contribution in [0.2, 0.25) is 0 Å². The molecule has 0 radical (unpaired) electrons. The van der Waals surface area contributed by atoms with Crippen LogP contribution in [-0.4, -0.2) is 18.4 Å². The van der Waals surface area contributed by atoms with Crippen molar-refractivity contribution in [2.24, 2.45) is 0 Å². The molecule has 2 aliphatic heterocycles. The molecule has 0 N–H and O–H groups in total. The van der Waals surface area contributed by atoms with Gasteiger partial charge in [-0.25, -0.2) is 9.29 Å². The van der Waals surface area contributed by atoms with Crippen LogP contribution in [0.25, 0.3) is 5.57 Å². The van der Waals surface area contributed by atoms with E-state index in [0.717, 1.165) is 22.6 Å². The molecule has 3 heterocycles. The second-order valence-corrected chi connectivity index (χ2v) is 7.58. The Morgan fingerprint density at radius 2 is 1.61 bits per heavy atom. The second kappa shape index (κ2) is 6.42. The summed E-state index contributed by atoms with van der Waals surface area (Å²) in [5.74, 6) is -1.58. The Kier molecular flexibility index (Phi) is 3.87. The highest BCUT2D eigenvalue weighted by Gasteiger charge is 2.45. The topological polar surface area (TPSA) is 40.6 Å². The Balaban J connectivity index is 1.69. The molecule has 2 aliphatic rings. The van der Waals surface area contributed by atoms with E-state index in [1.807, 2.05) is 46.7 Å². The van der Waals surface area contributed by atoms with Crippen LogP contribution in [0.1, 0.15) is 10.4 Å². The largest absolute Gasteiger partial charge is 0.336 e. The SMILES string of the molecule is O=C1C(c2cccs2)=C(N2CCc3ccccc32)C(=O)N1c1ccccc1F. The molecule has 6 heteroatoms. The Morgan fingerprint density at radius 1 is 0.857 bits per heavy atom. The van der Waals surface area contributed by atoms with Crippen LogP contribution in [0, 0.1) is 5.82 Å². The van der Waals surface area contributed by atoms with Crippen molar-refractivity contribution in [3.63, 3.8) is 0 Å². The molecule has 4 nitrogen and oxygen atoms in total. The molecule has 2 aromatic carbocycles. The maximum atomic E-state index is 14.4. The zero-order chi connectivity index (χ0) is 19.3. The first-order chi connectivity index (χ1) is 13.7. The molecule has 0 fully saturated rings. The molecule has 1 aromatic heterocycles. The number of imide groups is 1. The highest BCUT2D eigenvalue weighted by Crippen LogP contribution is 2.41. The Hall–Kier alpha value is -3.25. The summed E-state index contributed by atoms with van der Waals surface area (Å²) in [7, 11) is 0. The minimum Gasteiger partial charge on any atom is -0.336 e. The molecular formula is C22H15FN2O2S. The predicted molar refractivity (Wildman–Crippen MR) is 108 cm³/mol. The first-order valence-electron chi connectivity index (χ1n) is 8.93. The molecule has 0 bridgehead atoms. The highest BCUT2D eigenvalue weighted by molar-refractivity contribution is 7.11. The number of amides is 2. The van der Waals surface area contributed by atoms with Gasteiger partial charge in [0.1, 0.15) is 11.5 Å². The van der Waals surface area contributed by atoms with Gasteiger partial charge in [-0.3, -0.25) is 9.59 Å². The van der Waals surface area contributed by atoms with Crippen molar-refractivity contribution < 1.29 is 14.0 Å². The third-order valence-corrected chi connectivity index (χ3v) is 5.96. The van der Waals surface area contributed by atoms with Gasteiger partial charge in [-0.05, 0) is 41.6 Å². The van der Waals surface area contributed by atoms with E-state index in [1.165, 1.54) is 29.5 Å². The van der Waals surface area contributed by atoms with Gasteiger partial charge in [0.25, 0.3) is 11.8 Å². The lowest BCUT2D eigenvalue weighted by molar-refractivity contribution is -0.120. The lowest BCUT2D eigenvalue weighted by atomic mass is 10.1. The molecule has 3 aromatic rings. The van der Waals surface area contributed by atoms with Gasteiger partial charge >= 0.3 is 0 Å². The first kappa shape index (κ1) is 16.9. The zero-order valence-corrected chi connectivity index (χ0v) is 15.6. The fraction of sp³-hybridized carbons (Fsp3) is 0.0909. The van der Waals surface area contributed by atoms with E-state index < -0.39 is 17.6 Å². The summed E-state index contributed by atoms with van der Waals surface area (Å²) in [5.41, 5.74) is 2.68. The van der Waals surface area contributed by atoms with Gasteiger partial charge in [-0.1, -0.05) is 36.4 Å². The van der Waals surface area contributed by atoms with Crippen molar-refractivity contribution in [1.82, 2.24) is 0 Å². The number of hydrogen-bond acceptors (Lipinski definition) is 4. The summed E-state index contributed by atoms with van der Waals surface area (Å²) in [5, 5.41) is 1.86. The predicted octanol–water partition coefficient (Wildman–Crippen LogP) is 4.23. The molecular weight excluding hydrogens is 375 g/mol. The molecule has 2 amide bonds. The molecule has 0 atom stereocenters. The molecule has 0 saturated carbocycles. The zero-order valence-electron chi connectivity index (χ0n) is 14.8. The van der Waals surface area contributed by atoms with Gasteiger partial charge < -0.3 is 4.90 Å². The number of carbonyl (C=O) groups excluding carboxylic acids is 2. The van der Waals surface area contributed by atoms with Gasteiger partial charge in [0.15, 0.2) is 0 Å². The lowest BCUT2D eigenvalue weighted by Gasteiger charge is -2.21. The maximum Gasteiger partial charge on any atom is 0.282 e. The van der Waals surface area contributed by atoms with E-state index in [4.69, 9.17) is 0 Å². The summed E-state index contributed by atoms with van der Waals surface area (Å²) >= 11 is 1.39. The van der Waals surface area contributed by atoms with E-state index in [2.05, 4.69) is 0 Å². The number of hydrogen-bond donors (Lipinski definition) is 0. The average molecular weight is 390 g/mol. The Bertz CT molecular complexity index is 1140. The van der Waals surface area contributed by atoms with Crippen molar-refractivity contribution >= 4 is 40.1 Å². The van der Waals surface area contributed by atoms with Crippen LogP contribution < -0.4 is 9.80 Å². The summed E-state index contributed by atoms with van der Waals surface area (Å²) in [6.45, 7) is 0.605. The number of fused-ring (bicyclic) bond motifs is 1. The monoisotopic (exact) mass is 390 g/mol. The van der Waals surface area contributed by atoms with Gasteiger partial charge in [-0.2, -0.15) is 0 Å². The van der Waals surface area contributed by atoms with E-state index in [1.54, 1.807) is 6.07 Å². The Labute approximate surface area is 165 Å². The third-order valence-electron chi connectivity index (χ3n) is 5.08. The maximum absolute atomic E-state index is 14.4. The number of halogens is 1. The third kappa shape index (κ3) is 2.42. The first-order valence-corrected chi connectivity index (χ1v) is 9.81. The minimum atomic E-state index is -0.599. The van der Waals surface area contributed by atoms with Gasteiger partial charge in [0, 0.05) is 17.1 Å². The van der Waals surface area contributed by atoms with Crippen molar-refractivity contribution in [3.8, 4) is 0 Å². The number of anilines is 2. The van der Waals surface area contributed by atoms with Crippen molar-refractivity contribution in [2.75, 3.05) is 16.3 Å². The molecule has 5 rings (SSSR count). The fourth-order valence-corrected chi connectivity index (χ4v) is 4.60. The van der Waals surface area contributed by atoms with Gasteiger partial charge in [0.2, 0.25) is 0 Å². The minimum absolute atomic E-state index is 0.0194. The molecule has 0 spiro atoms. The quantitative estimate of drug-likeness (QED) is 0.629. The van der Waals surface area contributed by atoms with E-state index in [-0.39, 0.29) is 5.69 Å². The van der Waals surface area contributed by atoms with E-state index in [9.17, 15) is 14.0 Å². The number of thiophene rings is 1. The lowest BCUT2D eigenvalue weighted by Crippen LogP contribution is -2.35. The number of nitrogens with zero attached hydrogens (tertiary/aromatic N) is 2. The van der Waals surface area contributed by atoms with Crippen LogP contribution >= 0.6 is 11.3 Å². The van der Waals surface area contributed by atoms with E-state index >= 15 is 0 Å². The number of benzene rings is 2. The van der Waals surface area contributed by atoms with Crippen LogP contribution in [0.15, 0.2) is 71.7 Å². The van der Waals surface area contributed by atoms with Crippen molar-refractivity contribution in [1.29, 1.82) is 0 Å². The molecule has 28 heavy (non-hydrogen) atoms. The molecule has 0 aliphatic carbocycles. The van der Waals surface area contributed by atoms with Crippen LogP contribution in [-0.2, 0) is 16.0 Å². The summed E-state index contributed by atoms with van der Waals surface area (Å²) in [4.78, 5) is 30.3. The highest BCUT2D eigenvalue weighted by atomic mass is 32.1. The number of carbonyl (C=O) groups is 2. The Morgan fingerprint density at radius 3 is 2.36 bits per heavy atom. The van der Waals surface area contributed by atoms with E-state index in [0.29, 0.717) is 22.7 Å². The van der Waals surface area contributed by atoms with Crippen LogP contribution in [0.5, 0.6) is 0 Å². The molecule has 0 unspecified atom stereocenters. The number of para-hydroxylation sites is 2. The number of rotatable bonds is 3. The van der Waals surface area contributed by atoms with Gasteiger partial charge in [0.05, 0.1) is 11.3 Å². The molecule has 138 valence electrons. The van der Waals surface area contributed by atoms with Crippen LogP contribution in [0.4, 0.5) is 15.8 Å². The average Bonchev–Trinajstić information content (AvgIpc) is 3.41. The standard InChI is InChI=1S/C22H15FN2O2S/c23-15-7-2-4-9-17(15)25-21(26)19(18-10-5-13-28-18)20(22(25)27)24-12-11-14-6-1-3-8-16(14)24/h1-10,13H,11-12H2. The van der Waals surface area contributed by atoms with Crippen LogP contribution in [0.3, 0.4) is 0 Å². The van der Waals surface area contributed by atoms with Gasteiger partial charge in [-0.15, -0.1) is 11.3 Å². The normalized spacial score (nSPS) is 16.3. The fourth-order valence-electron chi connectivity index (χ4n) is 3.83. The smallest absolute Gasteiger partial charge is 0.282 e. The summed E-state index contributed by atoms with van der Waals surface area (Å²) in [6, 6.07) is 17.4. The second-order valence-electron chi connectivity index (χ2n) is 6.63.